The molecular formula is C18H14ClFN2O. The van der Waals surface area contributed by atoms with Gasteiger partial charge in [-0.1, -0.05) is 48.0 Å². The quantitative estimate of drug-likeness (QED) is 0.718. The van der Waals surface area contributed by atoms with E-state index in [1.165, 1.54) is 12.1 Å². The highest BCUT2D eigenvalue weighted by molar-refractivity contribution is 6.30. The molecule has 0 radical (unpaired) electrons. The third-order valence-corrected chi connectivity index (χ3v) is 3.84. The van der Waals surface area contributed by atoms with Gasteiger partial charge in [0.2, 0.25) is 0 Å². The normalized spacial score (nSPS) is 12.1. The Balaban J connectivity index is 1.94. The number of carbonyl (C=O) groups excluding carboxylic acids is 1. The number of carbonyl (C=O) groups is 1. The molecule has 1 amide bonds. The molecule has 0 bridgehead atoms. The van der Waals surface area contributed by atoms with Crippen LogP contribution >= 0.6 is 11.6 Å². The summed E-state index contributed by atoms with van der Waals surface area (Å²) in [5, 5.41) is 3.75. The highest BCUT2D eigenvalue weighted by Gasteiger charge is 2.17. The van der Waals surface area contributed by atoms with Gasteiger partial charge in [-0.05, 0) is 25.1 Å². The number of rotatable bonds is 3. The lowest BCUT2D eigenvalue weighted by atomic mass is 10.1. The largest absolute Gasteiger partial charge is 0.345 e. The van der Waals surface area contributed by atoms with Crippen molar-refractivity contribution >= 4 is 28.4 Å². The van der Waals surface area contributed by atoms with Gasteiger partial charge < -0.3 is 5.32 Å². The number of hydrogen-bond donors (Lipinski definition) is 1. The molecule has 5 heteroatoms. The van der Waals surface area contributed by atoms with Gasteiger partial charge in [-0.25, -0.2) is 9.37 Å². The fourth-order valence-electron chi connectivity index (χ4n) is 2.51. The van der Waals surface area contributed by atoms with Crippen LogP contribution in [0.1, 0.15) is 28.9 Å². The Hall–Kier alpha value is -2.46. The summed E-state index contributed by atoms with van der Waals surface area (Å²) in [5.74, 6) is -0.667. The number of benzene rings is 2. The van der Waals surface area contributed by atoms with Crippen molar-refractivity contribution < 1.29 is 9.18 Å². The van der Waals surface area contributed by atoms with E-state index in [1.807, 2.05) is 12.1 Å². The number of aromatic nitrogens is 1. The number of pyridine rings is 1. The molecular weight excluding hydrogens is 315 g/mol. The van der Waals surface area contributed by atoms with Crippen LogP contribution < -0.4 is 5.32 Å². The van der Waals surface area contributed by atoms with E-state index in [2.05, 4.69) is 10.3 Å². The molecule has 0 saturated heterocycles. The number of nitrogens with zero attached hydrogens (tertiary/aromatic N) is 1. The van der Waals surface area contributed by atoms with E-state index in [0.29, 0.717) is 22.0 Å². The average molecular weight is 329 g/mol. The molecule has 23 heavy (non-hydrogen) atoms. The van der Waals surface area contributed by atoms with Crippen LogP contribution in [0.25, 0.3) is 10.9 Å². The molecule has 2 aromatic carbocycles. The van der Waals surface area contributed by atoms with E-state index >= 15 is 0 Å². The Labute approximate surface area is 138 Å². The van der Waals surface area contributed by atoms with Gasteiger partial charge >= 0.3 is 0 Å². The first-order valence-electron chi connectivity index (χ1n) is 7.17. The summed E-state index contributed by atoms with van der Waals surface area (Å²) in [6, 6.07) is 14.7. The molecule has 1 aromatic heterocycles. The second-order valence-electron chi connectivity index (χ2n) is 5.23. The maximum atomic E-state index is 13.8. The Morgan fingerprint density at radius 3 is 2.65 bits per heavy atom. The highest BCUT2D eigenvalue weighted by Crippen LogP contribution is 2.22. The Kier molecular flexibility index (Phi) is 4.26. The summed E-state index contributed by atoms with van der Waals surface area (Å²) in [5.41, 5.74) is 1.50. The molecule has 0 aliphatic heterocycles. The molecule has 3 rings (SSSR count). The van der Waals surface area contributed by atoms with Gasteiger partial charge in [-0.2, -0.15) is 0 Å². The van der Waals surface area contributed by atoms with E-state index < -0.39 is 6.04 Å². The molecule has 0 aliphatic rings. The zero-order chi connectivity index (χ0) is 16.4. The lowest BCUT2D eigenvalue weighted by molar-refractivity contribution is 0.0941. The summed E-state index contributed by atoms with van der Waals surface area (Å²) in [4.78, 5) is 16.8. The molecule has 0 aliphatic carbocycles. The van der Waals surface area contributed by atoms with Crippen LogP contribution in [0, 0.1) is 5.82 Å². The van der Waals surface area contributed by atoms with E-state index in [1.54, 1.807) is 37.3 Å². The number of fused-ring (bicyclic) bond motifs is 1. The van der Waals surface area contributed by atoms with Crippen LogP contribution in [0.5, 0.6) is 0 Å². The van der Waals surface area contributed by atoms with Gasteiger partial charge in [0.25, 0.3) is 5.91 Å². The number of halogens is 2. The van der Waals surface area contributed by atoms with E-state index in [0.717, 1.165) is 0 Å². The van der Waals surface area contributed by atoms with Crippen LogP contribution in [0.15, 0.2) is 54.6 Å². The van der Waals surface area contributed by atoms with E-state index in [9.17, 15) is 9.18 Å². The van der Waals surface area contributed by atoms with E-state index in [-0.39, 0.29) is 16.9 Å². The standard InChI is InChI=1S/C18H14ClFN2O/c1-11(12-6-2-4-8-15(12)20)21-18(23)14-10-17(19)22-16-9-5-3-7-13(14)16/h2-11H,1H3,(H,21,23). The monoisotopic (exact) mass is 328 g/mol. The minimum atomic E-state index is -0.464. The van der Waals surface area contributed by atoms with Gasteiger partial charge in [0.15, 0.2) is 0 Å². The second-order valence-corrected chi connectivity index (χ2v) is 5.61. The molecule has 0 spiro atoms. The fourth-order valence-corrected chi connectivity index (χ4v) is 2.71. The summed E-state index contributed by atoms with van der Waals surface area (Å²) in [7, 11) is 0. The van der Waals surface area contributed by atoms with Crippen molar-refractivity contribution in [1.82, 2.24) is 10.3 Å². The highest BCUT2D eigenvalue weighted by atomic mass is 35.5. The lowest BCUT2D eigenvalue weighted by Crippen LogP contribution is -2.27. The van der Waals surface area contributed by atoms with Gasteiger partial charge in [0.05, 0.1) is 17.1 Å². The smallest absolute Gasteiger partial charge is 0.252 e. The molecule has 1 atom stereocenters. The van der Waals surface area contributed by atoms with Crippen LogP contribution in [0.4, 0.5) is 4.39 Å². The van der Waals surface area contributed by atoms with Gasteiger partial charge in [0, 0.05) is 10.9 Å². The zero-order valence-electron chi connectivity index (χ0n) is 12.4. The van der Waals surface area contributed by atoms with E-state index in [4.69, 9.17) is 11.6 Å². The summed E-state index contributed by atoms with van der Waals surface area (Å²) in [6.45, 7) is 1.74. The topological polar surface area (TPSA) is 42.0 Å². The van der Waals surface area contributed by atoms with Gasteiger partial charge in [-0.3, -0.25) is 4.79 Å². The summed E-state index contributed by atoms with van der Waals surface area (Å²) < 4.78 is 13.8. The van der Waals surface area contributed by atoms with Crippen molar-refractivity contribution in [2.45, 2.75) is 13.0 Å². The first-order chi connectivity index (χ1) is 11.1. The van der Waals surface area contributed by atoms with Crippen LogP contribution in [-0.2, 0) is 0 Å². The number of para-hydroxylation sites is 1. The van der Waals surface area contributed by atoms with Crippen molar-refractivity contribution in [2.75, 3.05) is 0 Å². The van der Waals surface area contributed by atoms with Crippen LogP contribution in [0.2, 0.25) is 5.15 Å². The first-order valence-corrected chi connectivity index (χ1v) is 7.54. The molecule has 1 heterocycles. The zero-order valence-corrected chi connectivity index (χ0v) is 13.1. The minimum Gasteiger partial charge on any atom is -0.345 e. The number of amides is 1. The second kappa shape index (κ2) is 6.34. The molecule has 1 N–H and O–H groups in total. The van der Waals surface area contributed by atoms with Crippen molar-refractivity contribution in [3.05, 3.63) is 76.7 Å². The number of nitrogens with one attached hydrogen (secondary N) is 1. The van der Waals surface area contributed by atoms with Crippen molar-refractivity contribution in [2.24, 2.45) is 0 Å². The van der Waals surface area contributed by atoms with Crippen LogP contribution in [0.3, 0.4) is 0 Å². The Morgan fingerprint density at radius 2 is 1.87 bits per heavy atom. The van der Waals surface area contributed by atoms with Crippen molar-refractivity contribution in [1.29, 1.82) is 0 Å². The number of hydrogen-bond acceptors (Lipinski definition) is 2. The molecule has 3 nitrogen and oxygen atoms in total. The van der Waals surface area contributed by atoms with Crippen LogP contribution in [-0.4, -0.2) is 10.9 Å². The summed E-state index contributed by atoms with van der Waals surface area (Å²) >= 11 is 6.00. The maximum absolute atomic E-state index is 13.8. The maximum Gasteiger partial charge on any atom is 0.252 e. The molecule has 3 aromatic rings. The average Bonchev–Trinajstić information content (AvgIpc) is 2.54. The third-order valence-electron chi connectivity index (χ3n) is 3.65. The minimum absolute atomic E-state index is 0.243. The third kappa shape index (κ3) is 3.17. The molecule has 116 valence electrons. The molecule has 0 saturated carbocycles. The SMILES string of the molecule is CC(NC(=O)c1cc(Cl)nc2ccccc12)c1ccccc1F. The van der Waals surface area contributed by atoms with Gasteiger partial charge in [-0.15, -0.1) is 0 Å². The predicted octanol–water partition coefficient (Wildman–Crippen LogP) is 4.52. The molecule has 1 unspecified atom stereocenters. The predicted molar refractivity (Wildman–Crippen MR) is 89.0 cm³/mol. The van der Waals surface area contributed by atoms with Crippen molar-refractivity contribution in [3.63, 3.8) is 0 Å². The Morgan fingerprint density at radius 1 is 1.17 bits per heavy atom. The van der Waals surface area contributed by atoms with Crippen molar-refractivity contribution in [3.8, 4) is 0 Å². The lowest BCUT2D eigenvalue weighted by Gasteiger charge is -2.16. The first kappa shape index (κ1) is 15.4. The summed E-state index contributed by atoms with van der Waals surface area (Å²) in [6.07, 6.45) is 0. The van der Waals surface area contributed by atoms with Gasteiger partial charge in [0.1, 0.15) is 11.0 Å². The Bertz CT molecular complexity index is 882. The fraction of sp³-hybridized carbons (Fsp3) is 0.111. The molecule has 0 fully saturated rings.